The Morgan fingerprint density at radius 3 is 2.38 bits per heavy atom. The van der Waals surface area contributed by atoms with E-state index in [1.807, 2.05) is 24.3 Å². The third-order valence-electron chi connectivity index (χ3n) is 4.85. The van der Waals surface area contributed by atoms with E-state index in [0.29, 0.717) is 38.9 Å². The fourth-order valence-corrected chi connectivity index (χ4v) is 3.23. The van der Waals surface area contributed by atoms with Crippen molar-refractivity contribution in [2.75, 3.05) is 13.2 Å². The first kappa shape index (κ1) is 20.6. The second-order valence-electron chi connectivity index (χ2n) is 7.03. The smallest absolute Gasteiger partial charge is 0.494 e. The Hall–Kier alpha value is -1.75. The van der Waals surface area contributed by atoms with E-state index in [4.69, 9.17) is 14.2 Å². The summed E-state index contributed by atoms with van der Waals surface area (Å²) in [7, 11) is 0. The van der Waals surface area contributed by atoms with E-state index in [-0.39, 0.29) is 6.10 Å². The summed E-state index contributed by atoms with van der Waals surface area (Å²) in [5.74, 6) is 0.821. The third kappa shape index (κ3) is 6.20. The van der Waals surface area contributed by atoms with E-state index in [0.717, 1.165) is 37.0 Å². The molecule has 1 aliphatic carbocycles. The average molecular weight is 364 g/mol. The monoisotopic (exact) mass is 364 g/mol. The van der Waals surface area contributed by atoms with E-state index in [1.54, 1.807) is 0 Å². The van der Waals surface area contributed by atoms with Crippen LogP contribution in [0.25, 0.3) is 0 Å². The lowest BCUT2D eigenvalue weighted by atomic mass is 9.78. The maximum Gasteiger partial charge on any atom is 0.508 e. The summed E-state index contributed by atoms with van der Waals surface area (Å²) in [5.41, 5.74) is 0.0238. The van der Waals surface area contributed by atoms with Crippen molar-refractivity contribution in [1.82, 2.24) is 0 Å². The van der Waals surface area contributed by atoms with Crippen LogP contribution in [0.15, 0.2) is 24.3 Å². The molecule has 1 N–H and O–H groups in total. The number of unbranched alkanes of at least 4 members (excludes halogenated alkanes) is 2. The molecule has 1 aromatic rings. The predicted octanol–water partition coefficient (Wildman–Crippen LogP) is 4.95. The van der Waals surface area contributed by atoms with E-state index in [2.05, 4.69) is 13.8 Å². The highest BCUT2D eigenvalue weighted by Gasteiger charge is 2.36. The molecule has 0 bridgehead atoms. The predicted molar refractivity (Wildman–Crippen MR) is 100 cm³/mol. The number of rotatable bonds is 9. The fraction of sp³-hybridized carbons (Fsp3) is 0.667. The van der Waals surface area contributed by atoms with Crippen LogP contribution in [-0.2, 0) is 15.1 Å². The van der Waals surface area contributed by atoms with Gasteiger partial charge in [-0.05, 0) is 56.2 Å². The van der Waals surface area contributed by atoms with Gasteiger partial charge in [0.05, 0.1) is 18.8 Å². The molecule has 0 unspecified atom stereocenters. The molecule has 26 heavy (non-hydrogen) atoms. The quantitative estimate of drug-likeness (QED) is 0.496. The Labute approximate surface area is 156 Å². The van der Waals surface area contributed by atoms with Crippen LogP contribution < -0.4 is 4.74 Å². The molecule has 0 amide bonds. The second-order valence-corrected chi connectivity index (χ2v) is 7.03. The number of benzene rings is 1. The van der Waals surface area contributed by atoms with Crippen molar-refractivity contribution in [3.8, 4) is 5.75 Å². The van der Waals surface area contributed by atoms with Gasteiger partial charge in [-0.2, -0.15) is 0 Å². The highest BCUT2D eigenvalue weighted by Crippen LogP contribution is 2.38. The van der Waals surface area contributed by atoms with Crippen LogP contribution in [-0.4, -0.2) is 30.6 Å². The number of hydrogen-bond acceptors (Lipinski definition) is 5. The van der Waals surface area contributed by atoms with Crippen LogP contribution in [0.4, 0.5) is 4.79 Å². The largest absolute Gasteiger partial charge is 0.508 e. The number of hydrogen-bond donors (Lipinski definition) is 1. The Morgan fingerprint density at radius 2 is 1.77 bits per heavy atom. The molecule has 146 valence electrons. The first-order valence-corrected chi connectivity index (χ1v) is 9.86. The van der Waals surface area contributed by atoms with Gasteiger partial charge >= 0.3 is 6.16 Å². The number of ether oxygens (including phenoxy) is 3. The van der Waals surface area contributed by atoms with Crippen molar-refractivity contribution >= 4 is 6.16 Å². The first-order valence-electron chi connectivity index (χ1n) is 9.86. The zero-order valence-corrected chi connectivity index (χ0v) is 16.0. The lowest BCUT2D eigenvalue weighted by Crippen LogP contribution is -2.35. The fourth-order valence-electron chi connectivity index (χ4n) is 3.23. The zero-order chi connectivity index (χ0) is 18.8. The standard InChI is InChI=1S/C21H32O5/c1-3-5-6-16-25-20(22)26-19-11-13-21(23,14-12-19)17-7-9-18(10-8-17)24-15-4-2/h7-10,19,23H,3-6,11-16H2,1-2H3. The molecule has 0 radical (unpaired) electrons. The lowest BCUT2D eigenvalue weighted by molar-refractivity contribution is -0.0538. The topological polar surface area (TPSA) is 65.0 Å². The van der Waals surface area contributed by atoms with Gasteiger partial charge in [0.1, 0.15) is 11.9 Å². The van der Waals surface area contributed by atoms with Crippen LogP contribution in [0.1, 0.15) is 70.8 Å². The first-order chi connectivity index (χ1) is 12.6. The third-order valence-corrected chi connectivity index (χ3v) is 4.85. The molecule has 1 saturated carbocycles. The van der Waals surface area contributed by atoms with Crippen molar-refractivity contribution < 1.29 is 24.1 Å². The number of carbonyl (C=O) groups excluding carboxylic acids is 1. The van der Waals surface area contributed by atoms with E-state index in [1.165, 1.54) is 0 Å². The molecule has 2 rings (SSSR count). The van der Waals surface area contributed by atoms with Gasteiger partial charge in [0.15, 0.2) is 0 Å². The summed E-state index contributed by atoms with van der Waals surface area (Å²) >= 11 is 0. The van der Waals surface area contributed by atoms with Gasteiger partial charge in [-0.3, -0.25) is 0 Å². The molecule has 0 aliphatic heterocycles. The minimum Gasteiger partial charge on any atom is -0.494 e. The molecule has 0 aromatic heterocycles. The maximum atomic E-state index is 11.7. The molecule has 1 fully saturated rings. The molecule has 1 aliphatic rings. The SMILES string of the molecule is CCCCCOC(=O)OC1CCC(O)(c2ccc(OCCC)cc2)CC1. The zero-order valence-electron chi connectivity index (χ0n) is 16.0. The molecule has 1 aromatic carbocycles. The summed E-state index contributed by atoms with van der Waals surface area (Å²) < 4.78 is 16.0. The molecule has 5 heteroatoms. The van der Waals surface area contributed by atoms with Crippen LogP contribution in [0.2, 0.25) is 0 Å². The van der Waals surface area contributed by atoms with E-state index in [9.17, 15) is 9.90 Å². The van der Waals surface area contributed by atoms with Crippen LogP contribution in [0.5, 0.6) is 5.75 Å². The summed E-state index contributed by atoms with van der Waals surface area (Å²) in [4.78, 5) is 11.7. The van der Waals surface area contributed by atoms with Gasteiger partial charge in [-0.1, -0.05) is 38.8 Å². The minimum atomic E-state index is -0.867. The van der Waals surface area contributed by atoms with Crippen LogP contribution in [0.3, 0.4) is 0 Å². The molecule has 0 atom stereocenters. The van der Waals surface area contributed by atoms with Crippen molar-refractivity contribution in [3.05, 3.63) is 29.8 Å². The summed E-state index contributed by atoms with van der Waals surface area (Å²) in [6.45, 7) is 5.28. The molecule has 0 spiro atoms. The highest BCUT2D eigenvalue weighted by atomic mass is 16.7. The Balaban J connectivity index is 1.78. The normalized spacial score (nSPS) is 22.7. The van der Waals surface area contributed by atoms with Crippen LogP contribution >= 0.6 is 0 Å². The average Bonchev–Trinajstić information content (AvgIpc) is 2.66. The Kier molecular flexibility index (Phi) is 8.23. The van der Waals surface area contributed by atoms with Crippen molar-refractivity contribution in [3.63, 3.8) is 0 Å². The minimum absolute atomic E-state index is 0.180. The summed E-state index contributed by atoms with van der Waals surface area (Å²) in [5, 5.41) is 10.9. The Morgan fingerprint density at radius 1 is 1.08 bits per heavy atom. The Bertz CT molecular complexity index is 532. The van der Waals surface area contributed by atoms with Gasteiger partial charge in [0, 0.05) is 0 Å². The molecule has 0 saturated heterocycles. The molecular formula is C21H32O5. The van der Waals surface area contributed by atoms with Gasteiger partial charge in [0.2, 0.25) is 0 Å². The van der Waals surface area contributed by atoms with Gasteiger partial charge in [-0.15, -0.1) is 0 Å². The second kappa shape index (κ2) is 10.4. The maximum absolute atomic E-state index is 11.7. The summed E-state index contributed by atoms with van der Waals surface area (Å²) in [6.07, 6.45) is 5.60. The van der Waals surface area contributed by atoms with Crippen molar-refractivity contribution in [2.24, 2.45) is 0 Å². The number of aliphatic hydroxyl groups is 1. The van der Waals surface area contributed by atoms with E-state index >= 15 is 0 Å². The molecule has 5 nitrogen and oxygen atoms in total. The molecular weight excluding hydrogens is 332 g/mol. The van der Waals surface area contributed by atoms with Crippen molar-refractivity contribution in [2.45, 2.75) is 76.9 Å². The lowest BCUT2D eigenvalue weighted by Gasteiger charge is -2.36. The summed E-state index contributed by atoms with van der Waals surface area (Å²) in [6, 6.07) is 7.65. The van der Waals surface area contributed by atoms with Gasteiger partial charge in [-0.25, -0.2) is 4.79 Å². The van der Waals surface area contributed by atoms with Crippen LogP contribution in [0, 0.1) is 0 Å². The highest BCUT2D eigenvalue weighted by molar-refractivity contribution is 5.60. The van der Waals surface area contributed by atoms with Gasteiger partial charge < -0.3 is 19.3 Å². The number of carbonyl (C=O) groups is 1. The molecule has 0 heterocycles. The van der Waals surface area contributed by atoms with Gasteiger partial charge in [0.25, 0.3) is 0 Å². The van der Waals surface area contributed by atoms with E-state index < -0.39 is 11.8 Å². The van der Waals surface area contributed by atoms with Crippen molar-refractivity contribution in [1.29, 1.82) is 0 Å².